The second kappa shape index (κ2) is 7.01. The summed E-state index contributed by atoms with van der Waals surface area (Å²) in [6, 6.07) is 6.68. The minimum Gasteiger partial charge on any atom is -0.468 e. The highest BCUT2D eigenvalue weighted by atomic mass is 32.2. The number of ether oxygens (including phenoxy) is 1. The van der Waals surface area contributed by atoms with Gasteiger partial charge in [0, 0.05) is 12.2 Å². The number of sulfone groups is 1. The average molecular weight is 300 g/mol. The van der Waals surface area contributed by atoms with E-state index in [0.29, 0.717) is 12.2 Å². The monoisotopic (exact) mass is 300 g/mol. The van der Waals surface area contributed by atoms with Crippen molar-refractivity contribution in [2.45, 2.75) is 6.54 Å². The quantitative estimate of drug-likeness (QED) is 0.695. The van der Waals surface area contributed by atoms with Gasteiger partial charge in [-0.05, 0) is 17.7 Å². The molecule has 0 aliphatic rings. The van der Waals surface area contributed by atoms with E-state index in [-0.39, 0.29) is 0 Å². The zero-order valence-electron chi connectivity index (χ0n) is 11.0. The molecule has 3 N–H and O–H groups in total. The number of amides is 1. The van der Waals surface area contributed by atoms with E-state index < -0.39 is 33.2 Å². The average Bonchev–Trinajstić information content (AvgIpc) is 2.38. The molecule has 0 aliphatic carbocycles. The fourth-order valence-electron chi connectivity index (χ4n) is 1.41. The Bertz CT molecular complexity index is 580. The van der Waals surface area contributed by atoms with Crippen molar-refractivity contribution in [2.24, 2.45) is 5.73 Å². The third kappa shape index (κ3) is 5.37. The molecule has 0 unspecified atom stereocenters. The van der Waals surface area contributed by atoms with Gasteiger partial charge in [-0.25, -0.2) is 8.42 Å². The van der Waals surface area contributed by atoms with E-state index in [1.165, 1.54) is 0 Å². The van der Waals surface area contributed by atoms with Crippen LogP contribution in [-0.2, 0) is 30.7 Å². The highest BCUT2D eigenvalue weighted by Gasteiger charge is 2.21. The molecule has 0 saturated carbocycles. The topological polar surface area (TPSA) is 116 Å². The molecule has 1 amide bonds. The highest BCUT2D eigenvalue weighted by Crippen LogP contribution is 2.09. The van der Waals surface area contributed by atoms with Crippen molar-refractivity contribution in [2.75, 3.05) is 23.9 Å². The predicted octanol–water partition coefficient (Wildman–Crippen LogP) is -0.328. The molecule has 0 aliphatic heterocycles. The number of nitrogens with two attached hydrogens (primary N) is 1. The number of benzene rings is 1. The second-order valence-corrected chi connectivity index (χ2v) is 6.12. The molecule has 8 heteroatoms. The summed E-state index contributed by atoms with van der Waals surface area (Å²) >= 11 is 0. The Balaban J connectivity index is 2.60. The maximum absolute atomic E-state index is 11.6. The van der Waals surface area contributed by atoms with Crippen LogP contribution in [0, 0.1) is 0 Å². The number of nitrogens with one attached hydrogen (secondary N) is 1. The predicted molar refractivity (Wildman–Crippen MR) is 73.6 cm³/mol. The van der Waals surface area contributed by atoms with Crippen LogP contribution < -0.4 is 11.1 Å². The van der Waals surface area contributed by atoms with Crippen molar-refractivity contribution in [1.82, 2.24) is 0 Å². The van der Waals surface area contributed by atoms with E-state index in [2.05, 4.69) is 10.1 Å². The lowest BCUT2D eigenvalue weighted by molar-refractivity contribution is -0.137. The summed E-state index contributed by atoms with van der Waals surface area (Å²) in [5, 5.41) is 2.43. The number of methoxy groups -OCH3 is 1. The van der Waals surface area contributed by atoms with E-state index in [0.717, 1.165) is 12.7 Å². The third-order valence-corrected chi connectivity index (χ3v) is 3.77. The molecule has 0 heterocycles. The summed E-state index contributed by atoms with van der Waals surface area (Å²) in [4.78, 5) is 22.5. The summed E-state index contributed by atoms with van der Waals surface area (Å²) in [5.41, 5.74) is 6.78. The van der Waals surface area contributed by atoms with E-state index in [1.54, 1.807) is 24.3 Å². The highest BCUT2D eigenvalue weighted by molar-refractivity contribution is 7.92. The summed E-state index contributed by atoms with van der Waals surface area (Å²) in [5.74, 6) is -3.21. The van der Waals surface area contributed by atoms with Crippen molar-refractivity contribution < 1.29 is 22.7 Å². The molecule has 1 aromatic rings. The van der Waals surface area contributed by atoms with Crippen LogP contribution in [-0.4, -0.2) is 38.9 Å². The molecule has 0 saturated heterocycles. The zero-order chi connectivity index (χ0) is 15.2. The Kier molecular flexibility index (Phi) is 5.66. The lowest BCUT2D eigenvalue weighted by atomic mass is 10.2. The van der Waals surface area contributed by atoms with Crippen LogP contribution in [0.5, 0.6) is 0 Å². The Morgan fingerprint density at radius 1 is 1.20 bits per heavy atom. The van der Waals surface area contributed by atoms with Crippen molar-refractivity contribution in [3.63, 3.8) is 0 Å². The molecule has 110 valence electrons. The number of anilines is 1. The van der Waals surface area contributed by atoms with Crippen LogP contribution in [0.3, 0.4) is 0 Å². The van der Waals surface area contributed by atoms with Gasteiger partial charge in [-0.2, -0.15) is 0 Å². The van der Waals surface area contributed by atoms with Gasteiger partial charge in [0.25, 0.3) is 0 Å². The molecule has 0 spiro atoms. The minimum atomic E-state index is -3.83. The van der Waals surface area contributed by atoms with E-state index in [9.17, 15) is 18.0 Å². The van der Waals surface area contributed by atoms with E-state index in [4.69, 9.17) is 5.73 Å². The van der Waals surface area contributed by atoms with E-state index >= 15 is 0 Å². The number of esters is 1. The molecule has 20 heavy (non-hydrogen) atoms. The molecule has 0 radical (unpaired) electrons. The van der Waals surface area contributed by atoms with Gasteiger partial charge in [-0.3, -0.25) is 9.59 Å². The van der Waals surface area contributed by atoms with Gasteiger partial charge in [0.1, 0.15) is 11.5 Å². The van der Waals surface area contributed by atoms with Crippen LogP contribution in [0.25, 0.3) is 0 Å². The van der Waals surface area contributed by atoms with Crippen LogP contribution in [0.4, 0.5) is 5.69 Å². The second-order valence-electron chi connectivity index (χ2n) is 4.06. The van der Waals surface area contributed by atoms with Gasteiger partial charge in [-0.1, -0.05) is 12.1 Å². The number of carbonyl (C=O) groups excluding carboxylic acids is 2. The Hall–Kier alpha value is -1.93. The zero-order valence-corrected chi connectivity index (χ0v) is 11.8. The fourth-order valence-corrected chi connectivity index (χ4v) is 2.46. The summed E-state index contributed by atoms with van der Waals surface area (Å²) in [6.45, 7) is 0.377. The van der Waals surface area contributed by atoms with Gasteiger partial charge in [-0.15, -0.1) is 0 Å². The molecular weight excluding hydrogens is 284 g/mol. The molecule has 0 aromatic heterocycles. The van der Waals surface area contributed by atoms with Crippen molar-refractivity contribution in [3.05, 3.63) is 29.8 Å². The van der Waals surface area contributed by atoms with Gasteiger partial charge in [0.15, 0.2) is 9.84 Å². The maximum atomic E-state index is 11.6. The first-order chi connectivity index (χ1) is 9.36. The number of hydrogen-bond acceptors (Lipinski definition) is 6. The molecule has 7 nitrogen and oxygen atoms in total. The lowest BCUT2D eigenvalue weighted by Crippen LogP contribution is -2.28. The van der Waals surface area contributed by atoms with Crippen LogP contribution in [0.2, 0.25) is 0 Å². The van der Waals surface area contributed by atoms with Gasteiger partial charge < -0.3 is 15.8 Å². The standard InChI is InChI=1S/C12H16N2O5S/c1-19-12(16)8-20(17,18)7-11(15)14-10-4-2-9(6-13)3-5-10/h2-5H,6-8,13H2,1H3,(H,14,15). The SMILES string of the molecule is COC(=O)CS(=O)(=O)CC(=O)Nc1ccc(CN)cc1. The number of rotatable bonds is 6. The third-order valence-electron chi connectivity index (χ3n) is 2.39. The number of hydrogen-bond donors (Lipinski definition) is 2. The molecule has 0 fully saturated rings. The molecule has 0 bridgehead atoms. The Morgan fingerprint density at radius 2 is 1.80 bits per heavy atom. The van der Waals surface area contributed by atoms with Crippen molar-refractivity contribution >= 4 is 27.4 Å². The smallest absolute Gasteiger partial charge is 0.320 e. The number of carbonyl (C=O) groups is 2. The summed E-state index contributed by atoms with van der Waals surface area (Å²) < 4.78 is 27.3. The molecule has 1 aromatic carbocycles. The van der Waals surface area contributed by atoms with Gasteiger partial charge >= 0.3 is 5.97 Å². The lowest BCUT2D eigenvalue weighted by Gasteiger charge is -2.06. The fraction of sp³-hybridized carbons (Fsp3) is 0.333. The maximum Gasteiger partial charge on any atom is 0.320 e. The summed E-state index contributed by atoms with van der Waals surface area (Å²) in [7, 11) is -2.75. The first-order valence-electron chi connectivity index (χ1n) is 5.72. The largest absolute Gasteiger partial charge is 0.468 e. The molecular formula is C12H16N2O5S. The summed E-state index contributed by atoms with van der Waals surface area (Å²) in [6.07, 6.45) is 0. The van der Waals surface area contributed by atoms with Crippen LogP contribution in [0.1, 0.15) is 5.56 Å². The van der Waals surface area contributed by atoms with Crippen LogP contribution >= 0.6 is 0 Å². The van der Waals surface area contributed by atoms with Crippen molar-refractivity contribution in [3.8, 4) is 0 Å². The Labute approximate surface area is 117 Å². The van der Waals surface area contributed by atoms with Gasteiger partial charge in [0.2, 0.25) is 5.91 Å². The first kappa shape index (κ1) is 16.1. The van der Waals surface area contributed by atoms with Gasteiger partial charge in [0.05, 0.1) is 7.11 Å². The van der Waals surface area contributed by atoms with Crippen molar-refractivity contribution in [1.29, 1.82) is 0 Å². The Morgan fingerprint density at radius 3 is 2.30 bits per heavy atom. The molecule has 0 atom stereocenters. The molecule has 1 rings (SSSR count). The minimum absolute atomic E-state index is 0.377. The first-order valence-corrected chi connectivity index (χ1v) is 7.54. The van der Waals surface area contributed by atoms with E-state index in [1.807, 2.05) is 0 Å². The normalized spacial score (nSPS) is 10.9. The van der Waals surface area contributed by atoms with Crippen LogP contribution in [0.15, 0.2) is 24.3 Å².